The highest BCUT2D eigenvalue weighted by molar-refractivity contribution is 9.11. The molecule has 0 fully saturated rings. The maximum Gasteiger partial charge on any atom is 0.259 e. The number of nitrogens with one attached hydrogen (secondary N) is 2. The third-order valence-electron chi connectivity index (χ3n) is 1.65. The molecule has 5 heteroatoms. The predicted octanol–water partition coefficient (Wildman–Crippen LogP) is 0.733. The second-order valence-electron chi connectivity index (χ2n) is 2.39. The summed E-state index contributed by atoms with van der Waals surface area (Å²) in [6, 6.07) is 0. The molecule has 1 amide bonds. The highest BCUT2D eigenvalue weighted by Gasteiger charge is 2.29. The van der Waals surface area contributed by atoms with Crippen molar-refractivity contribution in [3.63, 3.8) is 0 Å². The van der Waals surface area contributed by atoms with Gasteiger partial charge in [-0.2, -0.15) is 0 Å². The Kier molecular flexibility index (Phi) is 1.85. The summed E-state index contributed by atoms with van der Waals surface area (Å²) in [5.41, 5.74) is 1.08. The number of thioether (sulfide) groups is 1. The molecule has 1 unspecified atom stereocenters. The number of carbonyl (C=O) groups excluding carboxylic acids is 1. The van der Waals surface area contributed by atoms with Gasteiger partial charge in [0.1, 0.15) is 4.28 Å². The smallest absolute Gasteiger partial charge is 0.259 e. The number of amides is 1. The number of hydrogen-bond donors (Lipinski definition) is 2. The Morgan fingerprint density at radius 1 is 1.64 bits per heavy atom. The molecular weight excluding hydrogens is 228 g/mol. The third kappa shape index (κ3) is 1.27. The molecular formula is C6H7BrN2OS. The van der Waals surface area contributed by atoms with Crippen LogP contribution in [0.15, 0.2) is 10.6 Å². The Morgan fingerprint density at radius 2 is 2.45 bits per heavy atom. The topological polar surface area (TPSA) is 41.1 Å². The van der Waals surface area contributed by atoms with E-state index >= 15 is 0 Å². The Morgan fingerprint density at radius 3 is 3.18 bits per heavy atom. The Labute approximate surface area is 77.1 Å². The second-order valence-corrected chi connectivity index (χ2v) is 5.03. The van der Waals surface area contributed by atoms with Crippen LogP contribution in [-0.4, -0.2) is 16.7 Å². The van der Waals surface area contributed by atoms with Gasteiger partial charge in [0.25, 0.3) is 5.91 Å². The molecule has 11 heavy (non-hydrogen) atoms. The van der Waals surface area contributed by atoms with Crippen LogP contribution in [0.3, 0.4) is 0 Å². The van der Waals surface area contributed by atoms with Crippen LogP contribution in [0.1, 0.15) is 6.42 Å². The number of hydrogen-bond acceptors (Lipinski definition) is 3. The van der Waals surface area contributed by atoms with Crippen LogP contribution in [-0.2, 0) is 4.79 Å². The minimum Gasteiger partial charge on any atom is -0.366 e. The highest BCUT2D eigenvalue weighted by atomic mass is 79.9. The molecule has 2 aliphatic rings. The maximum absolute atomic E-state index is 11.2. The normalized spacial score (nSPS) is 29.5. The van der Waals surface area contributed by atoms with Crippen LogP contribution in [0, 0.1) is 0 Å². The maximum atomic E-state index is 11.2. The van der Waals surface area contributed by atoms with Crippen molar-refractivity contribution in [1.29, 1.82) is 0 Å². The van der Waals surface area contributed by atoms with Gasteiger partial charge in [-0.15, -0.1) is 0 Å². The number of halogens is 1. The summed E-state index contributed by atoms with van der Waals surface area (Å²) in [7, 11) is 0. The summed E-state index contributed by atoms with van der Waals surface area (Å²) >= 11 is 4.92. The standard InChI is InChI=1S/C6H7BrN2OS/c7-6-9-3-1-2-8-5(10)4(3)11-6/h6,9H,1-2H2,(H,8,10). The lowest BCUT2D eigenvalue weighted by Gasteiger charge is -2.12. The summed E-state index contributed by atoms with van der Waals surface area (Å²) in [6.07, 6.45) is 0.927. The van der Waals surface area contributed by atoms with Crippen LogP contribution in [0.25, 0.3) is 0 Å². The Hall–Kier alpha value is -0.160. The largest absolute Gasteiger partial charge is 0.366 e. The van der Waals surface area contributed by atoms with Gasteiger partial charge < -0.3 is 10.6 Å². The summed E-state index contributed by atoms with van der Waals surface area (Å²) in [5.74, 6) is 0.0608. The number of alkyl halides is 1. The predicted molar refractivity (Wildman–Crippen MR) is 48.1 cm³/mol. The molecule has 0 aliphatic carbocycles. The van der Waals surface area contributed by atoms with Gasteiger partial charge in [-0.1, -0.05) is 27.7 Å². The molecule has 2 rings (SSSR count). The first-order valence-corrected chi connectivity index (χ1v) is 5.15. The minimum atomic E-state index is 0.0608. The van der Waals surface area contributed by atoms with E-state index < -0.39 is 0 Å². The molecule has 0 saturated carbocycles. The molecule has 2 aliphatic heterocycles. The Bertz CT molecular complexity index is 241. The summed E-state index contributed by atoms with van der Waals surface area (Å²) in [5, 5.41) is 5.98. The average molecular weight is 235 g/mol. The fourth-order valence-corrected chi connectivity index (χ4v) is 2.89. The van der Waals surface area contributed by atoms with Crippen molar-refractivity contribution < 1.29 is 4.79 Å². The van der Waals surface area contributed by atoms with E-state index in [4.69, 9.17) is 0 Å². The van der Waals surface area contributed by atoms with Crippen LogP contribution >= 0.6 is 27.7 Å². The zero-order chi connectivity index (χ0) is 7.84. The minimum absolute atomic E-state index is 0.0608. The van der Waals surface area contributed by atoms with Crippen molar-refractivity contribution in [2.45, 2.75) is 10.7 Å². The van der Waals surface area contributed by atoms with Gasteiger partial charge in [-0.25, -0.2) is 0 Å². The molecule has 1 atom stereocenters. The quantitative estimate of drug-likeness (QED) is 0.480. The lowest BCUT2D eigenvalue weighted by molar-refractivity contribution is -0.117. The van der Waals surface area contributed by atoms with Gasteiger partial charge in [0.2, 0.25) is 0 Å². The fourth-order valence-electron chi connectivity index (χ4n) is 1.16. The van der Waals surface area contributed by atoms with Crippen molar-refractivity contribution in [2.75, 3.05) is 6.54 Å². The van der Waals surface area contributed by atoms with Gasteiger partial charge in [0.15, 0.2) is 0 Å². The van der Waals surface area contributed by atoms with Crippen molar-refractivity contribution in [3.05, 3.63) is 10.6 Å². The van der Waals surface area contributed by atoms with E-state index in [1.165, 1.54) is 11.8 Å². The summed E-state index contributed by atoms with van der Waals surface area (Å²) in [4.78, 5) is 12.0. The molecule has 2 N–H and O–H groups in total. The van der Waals surface area contributed by atoms with E-state index in [1.54, 1.807) is 0 Å². The van der Waals surface area contributed by atoms with Crippen molar-refractivity contribution in [1.82, 2.24) is 10.6 Å². The van der Waals surface area contributed by atoms with E-state index in [-0.39, 0.29) is 10.2 Å². The first-order chi connectivity index (χ1) is 5.27. The lowest BCUT2D eigenvalue weighted by Crippen LogP contribution is -2.31. The third-order valence-corrected chi connectivity index (χ3v) is 3.43. The molecule has 0 radical (unpaired) electrons. The number of carbonyl (C=O) groups is 1. The van der Waals surface area contributed by atoms with E-state index in [1.807, 2.05) is 0 Å². The molecule has 0 bridgehead atoms. The van der Waals surface area contributed by atoms with Gasteiger partial charge in [-0.3, -0.25) is 4.79 Å². The molecule has 3 nitrogen and oxygen atoms in total. The van der Waals surface area contributed by atoms with Crippen molar-refractivity contribution in [2.24, 2.45) is 0 Å². The monoisotopic (exact) mass is 234 g/mol. The summed E-state index contributed by atoms with van der Waals surface area (Å²) < 4.78 is 0.177. The molecule has 2 heterocycles. The second kappa shape index (κ2) is 2.71. The first-order valence-electron chi connectivity index (χ1n) is 3.36. The molecule has 0 aromatic rings. The van der Waals surface area contributed by atoms with Crippen LogP contribution in [0.5, 0.6) is 0 Å². The molecule has 0 saturated heterocycles. The zero-order valence-electron chi connectivity index (χ0n) is 5.69. The number of rotatable bonds is 0. The van der Waals surface area contributed by atoms with E-state index in [0.29, 0.717) is 0 Å². The summed E-state index contributed by atoms with van der Waals surface area (Å²) in [6.45, 7) is 0.755. The molecule has 60 valence electrons. The lowest BCUT2D eigenvalue weighted by atomic mass is 10.2. The van der Waals surface area contributed by atoms with E-state index in [0.717, 1.165) is 23.6 Å². The van der Waals surface area contributed by atoms with Gasteiger partial charge in [0, 0.05) is 18.7 Å². The molecule has 0 spiro atoms. The van der Waals surface area contributed by atoms with Crippen molar-refractivity contribution in [3.8, 4) is 0 Å². The van der Waals surface area contributed by atoms with Gasteiger partial charge >= 0.3 is 0 Å². The highest BCUT2D eigenvalue weighted by Crippen LogP contribution is 2.35. The van der Waals surface area contributed by atoms with E-state index in [2.05, 4.69) is 26.6 Å². The SMILES string of the molecule is O=C1NCCC2=C1SC(Br)N2. The first kappa shape index (κ1) is 7.49. The van der Waals surface area contributed by atoms with Crippen molar-refractivity contribution >= 4 is 33.6 Å². The van der Waals surface area contributed by atoms with Crippen LogP contribution in [0.2, 0.25) is 0 Å². The molecule has 0 aromatic heterocycles. The van der Waals surface area contributed by atoms with Crippen LogP contribution in [0.4, 0.5) is 0 Å². The average Bonchev–Trinajstić information content (AvgIpc) is 2.31. The molecule has 0 aromatic carbocycles. The Balaban J connectivity index is 2.25. The van der Waals surface area contributed by atoms with Crippen LogP contribution < -0.4 is 10.6 Å². The zero-order valence-corrected chi connectivity index (χ0v) is 8.09. The van der Waals surface area contributed by atoms with Gasteiger partial charge in [-0.05, 0) is 0 Å². The van der Waals surface area contributed by atoms with E-state index in [9.17, 15) is 4.79 Å². The fraction of sp³-hybridized carbons (Fsp3) is 0.500. The van der Waals surface area contributed by atoms with Gasteiger partial charge in [0.05, 0.1) is 4.91 Å².